The van der Waals surface area contributed by atoms with E-state index in [1.807, 2.05) is 24.3 Å². The van der Waals surface area contributed by atoms with E-state index in [-0.39, 0.29) is 18.3 Å². The van der Waals surface area contributed by atoms with Crippen molar-refractivity contribution in [3.05, 3.63) is 30.1 Å². The van der Waals surface area contributed by atoms with Crippen molar-refractivity contribution in [1.29, 1.82) is 0 Å². The third-order valence-corrected chi connectivity index (χ3v) is 4.10. The van der Waals surface area contributed by atoms with Gasteiger partial charge in [-0.25, -0.2) is 0 Å². The zero-order valence-electron chi connectivity index (χ0n) is 14.1. The Morgan fingerprint density at radius 2 is 1.88 bits per heavy atom. The van der Waals surface area contributed by atoms with Crippen molar-refractivity contribution in [2.24, 2.45) is 5.73 Å². The van der Waals surface area contributed by atoms with Gasteiger partial charge in [0.15, 0.2) is 5.82 Å². The lowest BCUT2D eigenvalue weighted by Gasteiger charge is -2.17. The van der Waals surface area contributed by atoms with E-state index in [9.17, 15) is 4.79 Å². The molecule has 1 aromatic heterocycles. The van der Waals surface area contributed by atoms with Crippen molar-refractivity contribution in [2.75, 3.05) is 5.32 Å². The summed E-state index contributed by atoms with van der Waals surface area (Å²) >= 11 is 0. The third-order valence-electron chi connectivity index (χ3n) is 4.10. The Hall–Kier alpha value is -1.92. The second-order valence-corrected chi connectivity index (χ2v) is 6.66. The smallest absolute Gasteiger partial charge is 0.243 e. The van der Waals surface area contributed by atoms with Crippen LogP contribution >= 0.6 is 12.4 Å². The molecule has 0 bridgehead atoms. The van der Waals surface area contributed by atoms with Crippen molar-refractivity contribution in [3.8, 4) is 11.4 Å². The zero-order valence-corrected chi connectivity index (χ0v) is 14.9. The molecule has 0 spiro atoms. The van der Waals surface area contributed by atoms with Gasteiger partial charge in [0, 0.05) is 24.2 Å². The summed E-state index contributed by atoms with van der Waals surface area (Å²) in [6.07, 6.45) is 4.57. The van der Waals surface area contributed by atoms with Gasteiger partial charge in [0.2, 0.25) is 5.91 Å². The number of aromatic nitrogens is 3. The number of benzene rings is 1. The molecule has 0 atom stereocenters. The van der Waals surface area contributed by atoms with Gasteiger partial charge in [0.1, 0.15) is 5.82 Å². The summed E-state index contributed by atoms with van der Waals surface area (Å²) < 4.78 is 2.21. The number of nitrogens with zero attached hydrogens (tertiary/aromatic N) is 3. The van der Waals surface area contributed by atoms with Crippen LogP contribution in [-0.2, 0) is 17.8 Å². The Bertz CT molecular complexity index is 703. The maximum absolute atomic E-state index is 11.9. The first-order valence-electron chi connectivity index (χ1n) is 8.08. The first-order chi connectivity index (χ1) is 10.9. The van der Waals surface area contributed by atoms with Crippen LogP contribution in [0, 0.1) is 0 Å². The van der Waals surface area contributed by atoms with Crippen LogP contribution in [0.2, 0.25) is 0 Å². The molecule has 1 aliphatic rings. The molecule has 2 aromatic rings. The normalized spacial score (nSPS) is 14.3. The van der Waals surface area contributed by atoms with Crippen LogP contribution < -0.4 is 11.1 Å². The standard InChI is InChI=1S/C17H23N5O.ClH/c1-17(2,18)16(23)19-13-9-7-12(8-10-13)15-21-20-14-6-4-3-5-11-22(14)15;/h7-10H,3-6,11,18H2,1-2H3,(H,19,23);1H. The van der Waals surface area contributed by atoms with Crippen molar-refractivity contribution in [3.63, 3.8) is 0 Å². The Morgan fingerprint density at radius 1 is 1.17 bits per heavy atom. The Morgan fingerprint density at radius 3 is 2.54 bits per heavy atom. The SMILES string of the molecule is CC(C)(N)C(=O)Nc1ccc(-c2nnc3n2CCCCC3)cc1.Cl. The Labute approximate surface area is 148 Å². The lowest BCUT2D eigenvalue weighted by molar-refractivity contribution is -0.120. The largest absolute Gasteiger partial charge is 0.325 e. The first kappa shape index (κ1) is 18.4. The van der Waals surface area contributed by atoms with Gasteiger partial charge in [-0.2, -0.15) is 0 Å². The molecule has 7 heteroatoms. The van der Waals surface area contributed by atoms with Gasteiger partial charge in [-0.3, -0.25) is 4.79 Å². The summed E-state index contributed by atoms with van der Waals surface area (Å²) in [6, 6.07) is 7.66. The second kappa shape index (κ2) is 7.32. The number of hydrogen-bond acceptors (Lipinski definition) is 4. The van der Waals surface area contributed by atoms with Gasteiger partial charge in [-0.1, -0.05) is 6.42 Å². The molecular formula is C17H24ClN5O. The van der Waals surface area contributed by atoms with Gasteiger partial charge in [0.25, 0.3) is 0 Å². The molecule has 0 radical (unpaired) electrons. The quantitative estimate of drug-likeness (QED) is 0.892. The number of carbonyl (C=O) groups is 1. The van der Waals surface area contributed by atoms with E-state index in [0.717, 1.165) is 42.3 Å². The van der Waals surface area contributed by atoms with Crippen molar-refractivity contribution in [1.82, 2.24) is 14.8 Å². The predicted molar refractivity (Wildman–Crippen MR) is 97.2 cm³/mol. The summed E-state index contributed by atoms with van der Waals surface area (Å²) in [5, 5.41) is 11.5. The predicted octanol–water partition coefficient (Wildman–Crippen LogP) is 2.77. The van der Waals surface area contributed by atoms with Crippen LogP contribution in [0.4, 0.5) is 5.69 Å². The second-order valence-electron chi connectivity index (χ2n) is 6.66. The fourth-order valence-electron chi connectivity index (χ4n) is 2.69. The lowest BCUT2D eigenvalue weighted by atomic mass is 10.1. The molecule has 0 saturated carbocycles. The first-order valence-corrected chi connectivity index (χ1v) is 8.08. The highest BCUT2D eigenvalue weighted by molar-refractivity contribution is 5.97. The minimum Gasteiger partial charge on any atom is -0.325 e. The van der Waals surface area contributed by atoms with E-state index in [1.54, 1.807) is 13.8 Å². The maximum Gasteiger partial charge on any atom is 0.243 e. The van der Waals surface area contributed by atoms with E-state index in [0.29, 0.717) is 0 Å². The van der Waals surface area contributed by atoms with Crippen LogP contribution in [-0.4, -0.2) is 26.2 Å². The molecule has 3 rings (SSSR count). The van der Waals surface area contributed by atoms with Crippen LogP contribution in [0.3, 0.4) is 0 Å². The summed E-state index contributed by atoms with van der Waals surface area (Å²) in [5.41, 5.74) is 6.63. The molecule has 0 saturated heterocycles. The van der Waals surface area contributed by atoms with E-state index in [4.69, 9.17) is 5.73 Å². The topological polar surface area (TPSA) is 85.8 Å². The summed E-state index contributed by atoms with van der Waals surface area (Å²) in [6.45, 7) is 4.34. The number of fused-ring (bicyclic) bond motifs is 1. The molecule has 0 aliphatic carbocycles. The molecule has 2 heterocycles. The number of nitrogens with one attached hydrogen (secondary N) is 1. The van der Waals surface area contributed by atoms with E-state index >= 15 is 0 Å². The zero-order chi connectivity index (χ0) is 16.4. The minimum absolute atomic E-state index is 0. The number of anilines is 1. The number of amides is 1. The van der Waals surface area contributed by atoms with Gasteiger partial charge in [-0.05, 0) is 51.0 Å². The van der Waals surface area contributed by atoms with Gasteiger partial charge < -0.3 is 15.6 Å². The summed E-state index contributed by atoms with van der Waals surface area (Å²) in [5.74, 6) is 1.76. The van der Waals surface area contributed by atoms with Crippen LogP contribution in [0.5, 0.6) is 0 Å². The van der Waals surface area contributed by atoms with Crippen molar-refractivity contribution >= 4 is 24.0 Å². The highest BCUT2D eigenvalue weighted by Gasteiger charge is 2.22. The Kier molecular flexibility index (Phi) is 5.62. The van der Waals surface area contributed by atoms with Gasteiger partial charge in [-0.15, -0.1) is 22.6 Å². The molecule has 130 valence electrons. The summed E-state index contributed by atoms with van der Waals surface area (Å²) in [4.78, 5) is 11.9. The number of rotatable bonds is 3. The van der Waals surface area contributed by atoms with Crippen LogP contribution in [0.15, 0.2) is 24.3 Å². The van der Waals surface area contributed by atoms with Gasteiger partial charge in [0.05, 0.1) is 5.54 Å². The number of aryl methyl sites for hydroxylation is 1. The molecule has 1 amide bonds. The molecule has 1 aliphatic heterocycles. The molecule has 1 aromatic carbocycles. The number of nitrogens with two attached hydrogens (primary N) is 1. The fraction of sp³-hybridized carbons (Fsp3) is 0.471. The molecule has 24 heavy (non-hydrogen) atoms. The highest BCUT2D eigenvalue weighted by Crippen LogP contribution is 2.24. The number of halogens is 1. The minimum atomic E-state index is -0.900. The van der Waals surface area contributed by atoms with Gasteiger partial charge >= 0.3 is 0 Å². The van der Waals surface area contributed by atoms with Crippen molar-refractivity contribution < 1.29 is 4.79 Å². The summed E-state index contributed by atoms with van der Waals surface area (Å²) in [7, 11) is 0. The maximum atomic E-state index is 11.9. The monoisotopic (exact) mass is 349 g/mol. The van der Waals surface area contributed by atoms with E-state index < -0.39 is 5.54 Å². The number of carbonyl (C=O) groups excluding carboxylic acids is 1. The third kappa shape index (κ3) is 3.94. The molecule has 0 unspecified atom stereocenters. The van der Waals surface area contributed by atoms with Crippen LogP contribution in [0.25, 0.3) is 11.4 Å². The van der Waals surface area contributed by atoms with E-state index in [1.165, 1.54) is 12.8 Å². The lowest BCUT2D eigenvalue weighted by Crippen LogP contribution is -2.45. The highest BCUT2D eigenvalue weighted by atomic mass is 35.5. The van der Waals surface area contributed by atoms with Crippen molar-refractivity contribution in [2.45, 2.75) is 51.6 Å². The number of hydrogen-bond donors (Lipinski definition) is 2. The molecule has 3 N–H and O–H groups in total. The average molecular weight is 350 g/mol. The Balaban J connectivity index is 0.00000208. The van der Waals surface area contributed by atoms with E-state index in [2.05, 4.69) is 20.1 Å². The molecular weight excluding hydrogens is 326 g/mol. The molecule has 6 nitrogen and oxygen atoms in total. The average Bonchev–Trinajstić information content (AvgIpc) is 2.76. The fourth-order valence-corrected chi connectivity index (χ4v) is 2.69. The molecule has 0 fully saturated rings. The van der Waals surface area contributed by atoms with Crippen LogP contribution in [0.1, 0.15) is 38.9 Å².